The van der Waals surface area contributed by atoms with Crippen molar-refractivity contribution < 1.29 is 38.1 Å². The molecule has 0 bridgehead atoms. The molecule has 0 aliphatic rings. The van der Waals surface area contributed by atoms with E-state index < -0.39 is 41.2 Å². The Labute approximate surface area is 319 Å². The summed E-state index contributed by atoms with van der Waals surface area (Å²) in [5.41, 5.74) is -1.69. The standard InChI is InChI=1S/C35H57N5O11S2/c1-4-29(41)48-23-17-36-31(43)50-21-11-7-9-13-25-52-27-15-19-39-33(45)38(6-3)34(46)40(35(39)47)20-16-28-53-26-14-10-8-12-22-51-32(44)37-18-24-49-30(42)5-2/h4-5H,1-2,6-28H2,3H3,(H,36,43)(H,37,44). The third kappa shape index (κ3) is 22.0. The number of alkyl carbamates (subject to hydrolysis) is 2. The minimum atomic E-state index is -0.567. The van der Waals surface area contributed by atoms with Crippen LogP contribution >= 0.6 is 23.5 Å². The molecule has 0 radical (unpaired) electrons. The number of unbranched alkanes of at least 4 members (excludes halogenated alkanes) is 6. The molecule has 1 aromatic rings. The number of hydrogen-bond acceptors (Lipinski definition) is 13. The van der Waals surface area contributed by atoms with Gasteiger partial charge in [-0.05, 0) is 68.5 Å². The maximum absolute atomic E-state index is 13.1. The average Bonchev–Trinajstić information content (AvgIpc) is 3.15. The molecule has 1 rings (SSSR count). The number of nitrogens with one attached hydrogen (secondary N) is 2. The van der Waals surface area contributed by atoms with Gasteiger partial charge in [0.25, 0.3) is 0 Å². The SMILES string of the molecule is C=CC(=O)OCCNC(=O)OCCCCCCSCCCn1c(=O)n(CC)c(=O)n(CCCSCCCCCCOC(=O)NCCOC(=O)C=C)c1=O. The number of amides is 2. The zero-order valence-electron chi connectivity index (χ0n) is 31.0. The highest BCUT2D eigenvalue weighted by atomic mass is 32.2. The fourth-order valence-electron chi connectivity index (χ4n) is 4.67. The van der Waals surface area contributed by atoms with Crippen molar-refractivity contribution in [2.75, 3.05) is 62.5 Å². The summed E-state index contributed by atoms with van der Waals surface area (Å²) in [5, 5.41) is 5.00. The van der Waals surface area contributed by atoms with Crippen LogP contribution in [-0.2, 0) is 48.2 Å². The van der Waals surface area contributed by atoms with Crippen LogP contribution in [0.2, 0.25) is 0 Å². The molecule has 0 spiro atoms. The van der Waals surface area contributed by atoms with Crippen molar-refractivity contribution in [3.8, 4) is 0 Å². The van der Waals surface area contributed by atoms with Crippen molar-refractivity contribution in [1.82, 2.24) is 24.3 Å². The van der Waals surface area contributed by atoms with E-state index in [1.165, 1.54) is 9.13 Å². The van der Waals surface area contributed by atoms with E-state index in [2.05, 4.69) is 23.8 Å². The molecule has 0 fully saturated rings. The van der Waals surface area contributed by atoms with Crippen LogP contribution in [0, 0.1) is 0 Å². The molecule has 2 N–H and O–H groups in total. The van der Waals surface area contributed by atoms with Gasteiger partial charge in [0.15, 0.2) is 0 Å². The highest BCUT2D eigenvalue weighted by Crippen LogP contribution is 2.10. The van der Waals surface area contributed by atoms with Crippen LogP contribution in [0.15, 0.2) is 39.7 Å². The van der Waals surface area contributed by atoms with E-state index in [0.717, 1.165) is 91.1 Å². The van der Waals surface area contributed by atoms with Crippen molar-refractivity contribution in [2.24, 2.45) is 0 Å². The normalized spacial score (nSPS) is 10.7. The van der Waals surface area contributed by atoms with Gasteiger partial charge in [0.1, 0.15) is 13.2 Å². The van der Waals surface area contributed by atoms with E-state index in [-0.39, 0.29) is 45.9 Å². The molecule has 1 aromatic heterocycles. The van der Waals surface area contributed by atoms with E-state index in [9.17, 15) is 33.6 Å². The number of esters is 2. The lowest BCUT2D eigenvalue weighted by Gasteiger charge is -2.13. The Morgan fingerprint density at radius 3 is 1.32 bits per heavy atom. The van der Waals surface area contributed by atoms with Crippen molar-refractivity contribution >= 4 is 47.6 Å². The molecular weight excluding hydrogens is 731 g/mol. The molecule has 0 saturated carbocycles. The van der Waals surface area contributed by atoms with Gasteiger partial charge in [0.2, 0.25) is 0 Å². The monoisotopic (exact) mass is 787 g/mol. The second kappa shape index (κ2) is 30.5. The highest BCUT2D eigenvalue weighted by Gasteiger charge is 2.14. The molecule has 0 aliphatic heterocycles. The van der Waals surface area contributed by atoms with Gasteiger partial charge in [0.05, 0.1) is 26.3 Å². The predicted molar refractivity (Wildman–Crippen MR) is 207 cm³/mol. The first kappa shape index (κ1) is 47.1. The van der Waals surface area contributed by atoms with E-state index in [1.54, 1.807) is 30.4 Å². The van der Waals surface area contributed by atoms with Crippen molar-refractivity contribution in [3.63, 3.8) is 0 Å². The molecule has 0 aromatic carbocycles. The Balaban J connectivity index is 2.21. The summed E-state index contributed by atoms with van der Waals surface area (Å²) < 4.78 is 23.2. The summed E-state index contributed by atoms with van der Waals surface area (Å²) in [7, 11) is 0. The van der Waals surface area contributed by atoms with Gasteiger partial charge in [-0.3, -0.25) is 0 Å². The number of nitrogens with zero attached hydrogens (tertiary/aromatic N) is 3. The van der Waals surface area contributed by atoms with Crippen LogP contribution in [0.1, 0.15) is 71.1 Å². The van der Waals surface area contributed by atoms with Gasteiger partial charge >= 0.3 is 41.2 Å². The first-order valence-electron chi connectivity index (χ1n) is 18.2. The lowest BCUT2D eigenvalue weighted by Crippen LogP contribution is -2.54. The number of carbonyl (C=O) groups is 4. The van der Waals surface area contributed by atoms with E-state index in [1.807, 2.05) is 0 Å². The number of thioether (sulfide) groups is 2. The molecule has 0 atom stereocenters. The molecule has 300 valence electrons. The topological polar surface area (TPSA) is 195 Å². The summed E-state index contributed by atoms with van der Waals surface area (Å²) >= 11 is 3.50. The smallest absolute Gasteiger partial charge is 0.407 e. The molecule has 0 saturated heterocycles. The number of rotatable bonds is 31. The molecule has 16 nitrogen and oxygen atoms in total. The van der Waals surface area contributed by atoms with Crippen molar-refractivity contribution in [3.05, 3.63) is 56.8 Å². The number of carbonyl (C=O) groups excluding carboxylic acids is 4. The van der Waals surface area contributed by atoms with Crippen LogP contribution in [0.5, 0.6) is 0 Å². The Morgan fingerprint density at radius 2 is 0.925 bits per heavy atom. The van der Waals surface area contributed by atoms with Crippen LogP contribution in [0.3, 0.4) is 0 Å². The Morgan fingerprint density at radius 1 is 0.547 bits per heavy atom. The first-order valence-corrected chi connectivity index (χ1v) is 20.5. The fraction of sp³-hybridized carbons (Fsp3) is 0.686. The summed E-state index contributed by atoms with van der Waals surface area (Å²) in [6, 6.07) is 0. The summed E-state index contributed by atoms with van der Waals surface area (Å²) in [6.07, 6.45) is 9.52. The van der Waals surface area contributed by atoms with Crippen molar-refractivity contribution in [1.29, 1.82) is 0 Å². The molecule has 53 heavy (non-hydrogen) atoms. The van der Waals surface area contributed by atoms with Gasteiger partial charge in [-0.15, -0.1) is 0 Å². The van der Waals surface area contributed by atoms with E-state index >= 15 is 0 Å². The quantitative estimate of drug-likeness (QED) is 0.0481. The van der Waals surface area contributed by atoms with Crippen LogP contribution in [0.25, 0.3) is 0 Å². The maximum atomic E-state index is 13.1. The number of ether oxygens (including phenoxy) is 4. The van der Waals surface area contributed by atoms with E-state index in [4.69, 9.17) is 18.9 Å². The highest BCUT2D eigenvalue weighted by molar-refractivity contribution is 7.99. The third-order valence-corrected chi connectivity index (χ3v) is 9.75. The number of hydrogen-bond donors (Lipinski definition) is 2. The molecule has 0 unspecified atom stereocenters. The number of aromatic nitrogens is 3. The Bertz CT molecular complexity index is 1340. The van der Waals surface area contributed by atoms with Crippen LogP contribution in [-0.4, -0.2) is 100 Å². The minimum Gasteiger partial charge on any atom is -0.461 e. The van der Waals surface area contributed by atoms with Crippen LogP contribution in [0.4, 0.5) is 9.59 Å². The Kier molecular flexibility index (Phi) is 27.1. The molecular formula is C35H57N5O11S2. The minimum absolute atomic E-state index is 0.0494. The fourth-order valence-corrected chi connectivity index (χ4v) is 6.56. The molecule has 18 heteroatoms. The first-order chi connectivity index (χ1) is 25.7. The Hall–Kier alpha value is -3.93. The molecule has 2 amide bonds. The lowest BCUT2D eigenvalue weighted by atomic mass is 10.2. The lowest BCUT2D eigenvalue weighted by molar-refractivity contribution is -0.138. The molecule has 0 aliphatic carbocycles. The largest absolute Gasteiger partial charge is 0.461 e. The zero-order chi connectivity index (χ0) is 39.1. The maximum Gasteiger partial charge on any atom is 0.407 e. The van der Waals surface area contributed by atoms with Gasteiger partial charge < -0.3 is 29.6 Å². The summed E-state index contributed by atoms with van der Waals surface area (Å²) in [5.74, 6) is 2.32. The van der Waals surface area contributed by atoms with Crippen LogP contribution < -0.4 is 27.7 Å². The summed E-state index contributed by atoms with van der Waals surface area (Å²) in [6.45, 7) is 10.0. The third-order valence-electron chi connectivity index (χ3n) is 7.44. The predicted octanol–water partition coefficient (Wildman–Crippen LogP) is 3.47. The van der Waals surface area contributed by atoms with Gasteiger partial charge in [-0.25, -0.2) is 47.3 Å². The molecule has 1 heterocycles. The second-order valence-electron chi connectivity index (χ2n) is 11.5. The zero-order valence-corrected chi connectivity index (χ0v) is 32.6. The van der Waals surface area contributed by atoms with Gasteiger partial charge in [-0.1, -0.05) is 38.8 Å². The van der Waals surface area contributed by atoms with Crippen molar-refractivity contribution in [2.45, 2.75) is 90.8 Å². The summed E-state index contributed by atoms with van der Waals surface area (Å²) in [4.78, 5) is 84.0. The van der Waals surface area contributed by atoms with Gasteiger partial charge in [-0.2, -0.15) is 23.5 Å². The van der Waals surface area contributed by atoms with E-state index in [0.29, 0.717) is 26.1 Å². The average molecular weight is 788 g/mol. The second-order valence-corrected chi connectivity index (χ2v) is 14.0. The van der Waals surface area contributed by atoms with Gasteiger partial charge in [0, 0.05) is 31.8 Å².